The van der Waals surface area contributed by atoms with E-state index in [1.165, 1.54) is 6.92 Å². The minimum atomic E-state index is -0.247. The van der Waals surface area contributed by atoms with Crippen LogP contribution >= 0.6 is 15.9 Å². The Kier molecular flexibility index (Phi) is 7.34. The van der Waals surface area contributed by atoms with Crippen LogP contribution in [0.25, 0.3) is 11.0 Å². The summed E-state index contributed by atoms with van der Waals surface area (Å²) in [6.07, 6.45) is 7.55. The Morgan fingerprint density at radius 2 is 1.86 bits per heavy atom. The van der Waals surface area contributed by atoms with Crippen LogP contribution < -0.4 is 15.8 Å². The van der Waals surface area contributed by atoms with Gasteiger partial charge in [0, 0.05) is 55.7 Å². The lowest BCUT2D eigenvalue weighted by molar-refractivity contribution is 0.101. The molecule has 0 amide bonds. The van der Waals surface area contributed by atoms with Crippen molar-refractivity contribution < 1.29 is 4.79 Å². The summed E-state index contributed by atoms with van der Waals surface area (Å²) < 4.78 is 1.73. The number of nitrogens with zero attached hydrogens (tertiary/aromatic N) is 6. The van der Waals surface area contributed by atoms with Gasteiger partial charge in [0.15, 0.2) is 5.78 Å². The number of hydrogen-bond acceptors (Lipinski definition) is 8. The SMILES string of the molecule is CC(=O)c1c(C)c2cnc(Nc3ccc(N4CCN(CCBr)CC4)cn3)nc2n(C2CCCC2)c1=O. The van der Waals surface area contributed by atoms with Gasteiger partial charge in [0.2, 0.25) is 5.95 Å². The average Bonchev–Trinajstić information content (AvgIpc) is 3.39. The topological polar surface area (TPSA) is 96.2 Å². The van der Waals surface area contributed by atoms with Gasteiger partial charge in [0.25, 0.3) is 5.56 Å². The van der Waals surface area contributed by atoms with Crippen molar-refractivity contribution in [3.8, 4) is 0 Å². The van der Waals surface area contributed by atoms with E-state index >= 15 is 0 Å². The summed E-state index contributed by atoms with van der Waals surface area (Å²) >= 11 is 3.52. The zero-order valence-corrected chi connectivity index (χ0v) is 22.4. The van der Waals surface area contributed by atoms with Gasteiger partial charge in [-0.1, -0.05) is 28.8 Å². The maximum atomic E-state index is 13.4. The molecule has 1 aliphatic carbocycles. The third-order valence-corrected chi connectivity index (χ3v) is 7.73. The Balaban J connectivity index is 1.41. The zero-order valence-electron chi connectivity index (χ0n) is 20.8. The molecule has 0 bridgehead atoms. The van der Waals surface area contributed by atoms with Gasteiger partial charge in [0.1, 0.15) is 11.5 Å². The van der Waals surface area contributed by atoms with E-state index in [4.69, 9.17) is 4.98 Å². The largest absolute Gasteiger partial charge is 0.368 e. The van der Waals surface area contributed by atoms with Gasteiger partial charge in [-0.2, -0.15) is 4.98 Å². The van der Waals surface area contributed by atoms with Crippen LogP contribution in [-0.2, 0) is 0 Å². The first-order valence-electron chi connectivity index (χ1n) is 12.7. The van der Waals surface area contributed by atoms with Gasteiger partial charge in [-0.25, -0.2) is 9.97 Å². The second kappa shape index (κ2) is 10.6. The number of halogens is 1. The van der Waals surface area contributed by atoms with Crippen LogP contribution in [0.5, 0.6) is 0 Å². The third-order valence-electron chi connectivity index (χ3n) is 7.38. The Morgan fingerprint density at radius 1 is 1.11 bits per heavy atom. The lowest BCUT2D eigenvalue weighted by atomic mass is 10.0. The molecule has 190 valence electrons. The van der Waals surface area contributed by atoms with Gasteiger partial charge in [-0.15, -0.1) is 0 Å². The van der Waals surface area contributed by atoms with Gasteiger partial charge < -0.3 is 10.2 Å². The number of pyridine rings is 2. The Morgan fingerprint density at radius 3 is 2.50 bits per heavy atom. The molecule has 5 rings (SSSR count). The number of aryl methyl sites for hydroxylation is 1. The maximum absolute atomic E-state index is 13.4. The Labute approximate surface area is 219 Å². The van der Waals surface area contributed by atoms with Crippen molar-refractivity contribution in [1.82, 2.24) is 24.4 Å². The molecule has 1 aliphatic heterocycles. The van der Waals surface area contributed by atoms with Crippen molar-refractivity contribution in [2.75, 3.05) is 48.3 Å². The van der Waals surface area contributed by atoms with Crippen LogP contribution in [0, 0.1) is 6.92 Å². The summed E-state index contributed by atoms with van der Waals surface area (Å²) in [4.78, 5) is 44.3. The van der Waals surface area contributed by atoms with Crippen LogP contribution in [0.2, 0.25) is 0 Å². The smallest absolute Gasteiger partial charge is 0.263 e. The molecule has 9 nitrogen and oxygen atoms in total. The molecular weight excluding hydrogens is 522 g/mol. The first-order valence-corrected chi connectivity index (χ1v) is 13.8. The van der Waals surface area contributed by atoms with E-state index in [0.29, 0.717) is 23.0 Å². The highest BCUT2D eigenvalue weighted by Gasteiger charge is 2.26. The molecule has 2 fully saturated rings. The minimum absolute atomic E-state index is 0.0499. The molecule has 0 aromatic carbocycles. The number of anilines is 3. The molecule has 0 atom stereocenters. The fraction of sp³-hybridized carbons (Fsp3) is 0.500. The van der Waals surface area contributed by atoms with E-state index < -0.39 is 0 Å². The average molecular weight is 554 g/mol. The lowest BCUT2D eigenvalue weighted by Crippen LogP contribution is -2.46. The first-order chi connectivity index (χ1) is 17.5. The first kappa shape index (κ1) is 24.8. The Bertz CT molecular complexity index is 1310. The van der Waals surface area contributed by atoms with Crippen molar-refractivity contribution in [3.63, 3.8) is 0 Å². The number of hydrogen-bond donors (Lipinski definition) is 1. The minimum Gasteiger partial charge on any atom is -0.368 e. The van der Waals surface area contributed by atoms with Crippen LogP contribution in [0.4, 0.5) is 17.5 Å². The molecule has 10 heteroatoms. The van der Waals surface area contributed by atoms with Gasteiger partial charge in [-0.05, 0) is 44.4 Å². The van der Waals surface area contributed by atoms with Crippen LogP contribution in [0.3, 0.4) is 0 Å². The predicted octanol–water partition coefficient (Wildman–Crippen LogP) is 4.07. The molecule has 4 heterocycles. The molecular formula is C26H32BrN7O2. The standard InChI is InChI=1S/C26H32BrN7O2/c1-17-21-16-29-26(31-24(21)34(19-5-3-4-6-19)25(36)23(17)18(2)35)30-22-8-7-20(15-28-22)33-13-11-32(10-9-27)12-14-33/h7-8,15-16,19H,3-6,9-14H2,1-2H3,(H,28,29,30,31). The summed E-state index contributed by atoms with van der Waals surface area (Å²) in [5.41, 5.74) is 2.31. The predicted molar refractivity (Wildman–Crippen MR) is 146 cm³/mol. The van der Waals surface area contributed by atoms with E-state index in [9.17, 15) is 9.59 Å². The summed E-state index contributed by atoms with van der Waals surface area (Å²) in [6, 6.07) is 4.05. The molecule has 0 unspecified atom stereocenters. The highest BCUT2D eigenvalue weighted by atomic mass is 79.9. The summed E-state index contributed by atoms with van der Waals surface area (Å²) in [5.74, 6) is 0.803. The monoisotopic (exact) mass is 553 g/mol. The molecule has 36 heavy (non-hydrogen) atoms. The van der Waals surface area contributed by atoms with Crippen molar-refractivity contribution in [3.05, 3.63) is 46.0 Å². The van der Waals surface area contributed by atoms with E-state index in [-0.39, 0.29) is 22.9 Å². The second-order valence-corrected chi connectivity index (χ2v) is 10.4. The number of alkyl halides is 1. The molecule has 0 radical (unpaired) electrons. The van der Waals surface area contributed by atoms with Gasteiger partial charge >= 0.3 is 0 Å². The normalized spacial score (nSPS) is 17.1. The number of fused-ring (bicyclic) bond motifs is 1. The van der Waals surface area contributed by atoms with Gasteiger partial charge in [0.05, 0.1) is 17.4 Å². The molecule has 1 N–H and O–H groups in total. The summed E-state index contributed by atoms with van der Waals surface area (Å²) in [7, 11) is 0. The highest BCUT2D eigenvalue weighted by Crippen LogP contribution is 2.32. The molecule has 1 saturated heterocycles. The molecule has 3 aromatic heterocycles. The summed E-state index contributed by atoms with van der Waals surface area (Å²) in [6.45, 7) is 8.38. The number of carbonyl (C=O) groups excluding carboxylic acids is 1. The molecule has 1 saturated carbocycles. The molecule has 2 aliphatic rings. The quantitative estimate of drug-likeness (QED) is 0.345. The lowest BCUT2D eigenvalue weighted by Gasteiger charge is -2.35. The van der Waals surface area contributed by atoms with Crippen molar-refractivity contribution in [1.29, 1.82) is 0 Å². The molecule has 3 aromatic rings. The third kappa shape index (κ3) is 4.88. The van der Waals surface area contributed by atoms with E-state index in [1.807, 2.05) is 12.3 Å². The Hall–Kier alpha value is -2.85. The van der Waals surface area contributed by atoms with E-state index in [2.05, 4.69) is 47.1 Å². The van der Waals surface area contributed by atoms with Crippen LogP contribution in [0.1, 0.15) is 54.6 Å². The number of rotatable bonds is 7. The fourth-order valence-electron chi connectivity index (χ4n) is 5.42. The van der Waals surface area contributed by atoms with E-state index in [0.717, 1.165) is 74.8 Å². The maximum Gasteiger partial charge on any atom is 0.263 e. The number of carbonyl (C=O) groups is 1. The summed E-state index contributed by atoms with van der Waals surface area (Å²) in [5, 5.41) is 4.93. The number of nitrogens with one attached hydrogen (secondary N) is 1. The van der Waals surface area contributed by atoms with Crippen LogP contribution in [-0.4, -0.2) is 68.3 Å². The fourth-order valence-corrected chi connectivity index (χ4v) is 5.92. The highest BCUT2D eigenvalue weighted by molar-refractivity contribution is 9.09. The van der Waals surface area contributed by atoms with Gasteiger partial charge in [-0.3, -0.25) is 19.1 Å². The number of ketones is 1. The van der Waals surface area contributed by atoms with E-state index in [1.54, 1.807) is 17.7 Å². The zero-order chi connectivity index (χ0) is 25.2. The van der Waals surface area contributed by atoms with Crippen molar-refractivity contribution in [2.24, 2.45) is 0 Å². The van der Waals surface area contributed by atoms with Crippen LogP contribution in [0.15, 0.2) is 29.3 Å². The molecule has 0 spiro atoms. The van der Waals surface area contributed by atoms with Crippen molar-refractivity contribution in [2.45, 2.75) is 45.6 Å². The number of Topliss-reactive ketones (excluding diaryl/α,β-unsaturated/α-hetero) is 1. The number of aromatic nitrogens is 4. The van der Waals surface area contributed by atoms with Crippen molar-refractivity contribution >= 4 is 50.2 Å². The number of piperazine rings is 1. The second-order valence-electron chi connectivity index (χ2n) is 9.64.